The molecule has 0 fully saturated rings. The maximum atomic E-state index is 10.9. The van der Waals surface area contributed by atoms with Crippen LogP contribution < -0.4 is 4.90 Å². The number of carbonyl (C=O) groups excluding carboxylic acids is 1. The summed E-state index contributed by atoms with van der Waals surface area (Å²) < 4.78 is 5.98. The number of ether oxygens (including phenoxy) is 1. The summed E-state index contributed by atoms with van der Waals surface area (Å²) in [6.45, 7) is 1.60. The lowest BCUT2D eigenvalue weighted by atomic mass is 10.2. The summed E-state index contributed by atoms with van der Waals surface area (Å²) in [5.41, 5.74) is 1.66. The van der Waals surface area contributed by atoms with Crippen molar-refractivity contribution in [3.8, 4) is 0 Å². The molecule has 0 bridgehead atoms. The molecular weight excluding hydrogens is 270 g/mol. The zero-order valence-electron chi connectivity index (χ0n) is 9.57. The average Bonchev–Trinajstić information content (AvgIpc) is 2.29. The highest BCUT2D eigenvalue weighted by Gasteiger charge is 2.07. The molecular formula is C12H16BrNO2. The Kier molecular flexibility index (Phi) is 5.49. The molecule has 0 spiro atoms. The number of halogens is 1. The molecule has 0 unspecified atom stereocenters. The van der Waals surface area contributed by atoms with E-state index >= 15 is 0 Å². The van der Waals surface area contributed by atoms with Gasteiger partial charge in [0, 0.05) is 43.0 Å². The van der Waals surface area contributed by atoms with Crippen molar-refractivity contribution in [1.82, 2.24) is 0 Å². The SMILES string of the molecule is COCCCN(C)c1cc(Br)ccc1C=O. The standard InChI is InChI=1S/C12H16BrNO2/c1-14(6-3-7-16-2)12-8-11(13)5-4-10(12)9-15/h4-5,8-9H,3,6-7H2,1-2H3. The molecule has 0 saturated heterocycles. The Bertz CT molecular complexity index is 355. The van der Waals surface area contributed by atoms with Crippen LogP contribution in [0, 0.1) is 0 Å². The minimum Gasteiger partial charge on any atom is -0.385 e. The molecule has 1 aromatic carbocycles. The molecule has 0 aliphatic carbocycles. The van der Waals surface area contributed by atoms with E-state index in [9.17, 15) is 4.79 Å². The van der Waals surface area contributed by atoms with Crippen LogP contribution in [-0.4, -0.2) is 33.6 Å². The van der Waals surface area contributed by atoms with E-state index in [0.29, 0.717) is 5.56 Å². The van der Waals surface area contributed by atoms with E-state index in [1.54, 1.807) is 7.11 Å². The molecule has 0 aliphatic rings. The van der Waals surface area contributed by atoms with Crippen molar-refractivity contribution in [3.63, 3.8) is 0 Å². The van der Waals surface area contributed by atoms with Gasteiger partial charge in [0.25, 0.3) is 0 Å². The summed E-state index contributed by atoms with van der Waals surface area (Å²) in [5.74, 6) is 0. The first-order valence-corrected chi connectivity index (χ1v) is 5.93. The van der Waals surface area contributed by atoms with E-state index in [1.165, 1.54) is 0 Å². The van der Waals surface area contributed by atoms with Gasteiger partial charge in [-0.2, -0.15) is 0 Å². The van der Waals surface area contributed by atoms with Gasteiger partial charge < -0.3 is 9.64 Å². The highest BCUT2D eigenvalue weighted by atomic mass is 79.9. The normalized spacial score (nSPS) is 10.2. The van der Waals surface area contributed by atoms with Crippen molar-refractivity contribution < 1.29 is 9.53 Å². The Morgan fingerprint density at radius 2 is 2.25 bits per heavy atom. The lowest BCUT2D eigenvalue weighted by Gasteiger charge is -2.21. The zero-order chi connectivity index (χ0) is 12.0. The molecule has 3 nitrogen and oxygen atoms in total. The number of aldehydes is 1. The number of hydrogen-bond acceptors (Lipinski definition) is 3. The van der Waals surface area contributed by atoms with E-state index in [-0.39, 0.29) is 0 Å². The van der Waals surface area contributed by atoms with Crippen LogP contribution in [0.5, 0.6) is 0 Å². The lowest BCUT2D eigenvalue weighted by molar-refractivity contribution is 0.112. The molecule has 4 heteroatoms. The summed E-state index contributed by atoms with van der Waals surface area (Å²) in [6.07, 6.45) is 1.83. The molecule has 0 heterocycles. The van der Waals surface area contributed by atoms with Crippen LogP contribution in [0.15, 0.2) is 22.7 Å². The Hall–Kier alpha value is -0.870. The van der Waals surface area contributed by atoms with Crippen molar-refractivity contribution >= 4 is 27.9 Å². The van der Waals surface area contributed by atoms with Crippen molar-refractivity contribution in [2.75, 3.05) is 32.2 Å². The lowest BCUT2D eigenvalue weighted by Crippen LogP contribution is -2.21. The van der Waals surface area contributed by atoms with Crippen LogP contribution in [0.4, 0.5) is 5.69 Å². The number of hydrogen-bond donors (Lipinski definition) is 0. The first kappa shape index (κ1) is 13.2. The fourth-order valence-electron chi connectivity index (χ4n) is 1.51. The largest absolute Gasteiger partial charge is 0.385 e. The van der Waals surface area contributed by atoms with Gasteiger partial charge in [0.2, 0.25) is 0 Å². The number of methoxy groups -OCH3 is 1. The van der Waals surface area contributed by atoms with E-state index in [4.69, 9.17) is 4.74 Å². The second kappa shape index (κ2) is 6.66. The minimum atomic E-state index is 0.711. The van der Waals surface area contributed by atoms with Gasteiger partial charge in [-0.25, -0.2) is 0 Å². The van der Waals surface area contributed by atoms with Crippen LogP contribution >= 0.6 is 15.9 Å². The zero-order valence-corrected chi connectivity index (χ0v) is 11.2. The van der Waals surface area contributed by atoms with Gasteiger partial charge >= 0.3 is 0 Å². The van der Waals surface area contributed by atoms with E-state index < -0.39 is 0 Å². The number of nitrogens with zero attached hydrogens (tertiary/aromatic N) is 1. The van der Waals surface area contributed by atoms with Gasteiger partial charge in [0.1, 0.15) is 0 Å². The van der Waals surface area contributed by atoms with Crippen LogP contribution in [0.3, 0.4) is 0 Å². The highest BCUT2D eigenvalue weighted by molar-refractivity contribution is 9.10. The third-order valence-electron chi connectivity index (χ3n) is 2.37. The van der Waals surface area contributed by atoms with Crippen LogP contribution in [0.1, 0.15) is 16.8 Å². The van der Waals surface area contributed by atoms with Gasteiger partial charge in [-0.15, -0.1) is 0 Å². The van der Waals surface area contributed by atoms with Crippen LogP contribution in [0.25, 0.3) is 0 Å². The molecule has 0 atom stereocenters. The number of rotatable bonds is 6. The van der Waals surface area contributed by atoms with E-state index in [0.717, 1.165) is 36.0 Å². The summed E-state index contributed by atoms with van der Waals surface area (Å²) in [7, 11) is 3.67. The second-order valence-corrected chi connectivity index (χ2v) is 4.50. The monoisotopic (exact) mass is 285 g/mol. The highest BCUT2D eigenvalue weighted by Crippen LogP contribution is 2.23. The third-order valence-corrected chi connectivity index (χ3v) is 2.87. The molecule has 0 aliphatic heterocycles. The maximum absolute atomic E-state index is 10.9. The molecule has 0 amide bonds. The Labute approximate surface area is 105 Å². The van der Waals surface area contributed by atoms with E-state index in [2.05, 4.69) is 20.8 Å². The summed E-state index contributed by atoms with van der Waals surface area (Å²) in [5, 5.41) is 0. The predicted octanol–water partition coefficient (Wildman–Crippen LogP) is 2.73. The first-order valence-electron chi connectivity index (χ1n) is 5.14. The Morgan fingerprint density at radius 3 is 2.88 bits per heavy atom. The Morgan fingerprint density at radius 1 is 1.50 bits per heavy atom. The first-order chi connectivity index (χ1) is 7.69. The molecule has 0 N–H and O–H groups in total. The van der Waals surface area contributed by atoms with Crippen LogP contribution in [-0.2, 0) is 4.74 Å². The molecule has 0 aromatic heterocycles. The average molecular weight is 286 g/mol. The summed E-state index contributed by atoms with van der Waals surface area (Å²) >= 11 is 3.41. The van der Waals surface area contributed by atoms with E-state index in [1.807, 2.05) is 25.2 Å². The molecule has 88 valence electrons. The van der Waals surface area contributed by atoms with Crippen LogP contribution in [0.2, 0.25) is 0 Å². The van der Waals surface area contributed by atoms with Crippen molar-refractivity contribution in [2.24, 2.45) is 0 Å². The van der Waals surface area contributed by atoms with Crippen molar-refractivity contribution in [3.05, 3.63) is 28.2 Å². The smallest absolute Gasteiger partial charge is 0.152 e. The molecule has 0 saturated carbocycles. The van der Waals surface area contributed by atoms with Crippen molar-refractivity contribution in [1.29, 1.82) is 0 Å². The number of benzene rings is 1. The summed E-state index contributed by atoms with van der Waals surface area (Å²) in [6, 6.07) is 5.64. The fourth-order valence-corrected chi connectivity index (χ4v) is 1.86. The van der Waals surface area contributed by atoms with Gasteiger partial charge in [0.15, 0.2) is 6.29 Å². The minimum absolute atomic E-state index is 0.711. The maximum Gasteiger partial charge on any atom is 0.152 e. The Balaban J connectivity index is 2.76. The van der Waals surface area contributed by atoms with Gasteiger partial charge in [0.05, 0.1) is 0 Å². The number of carbonyl (C=O) groups is 1. The third kappa shape index (κ3) is 3.61. The molecule has 1 rings (SSSR count). The molecule has 1 aromatic rings. The van der Waals surface area contributed by atoms with Gasteiger partial charge in [-0.05, 0) is 24.6 Å². The second-order valence-electron chi connectivity index (χ2n) is 3.59. The fraction of sp³-hybridized carbons (Fsp3) is 0.417. The van der Waals surface area contributed by atoms with Gasteiger partial charge in [-0.3, -0.25) is 4.79 Å². The molecule has 0 radical (unpaired) electrons. The number of anilines is 1. The van der Waals surface area contributed by atoms with Crippen molar-refractivity contribution in [2.45, 2.75) is 6.42 Å². The quantitative estimate of drug-likeness (QED) is 0.595. The predicted molar refractivity (Wildman–Crippen MR) is 69.3 cm³/mol. The summed E-state index contributed by atoms with van der Waals surface area (Å²) in [4.78, 5) is 13.0. The molecule has 16 heavy (non-hydrogen) atoms. The van der Waals surface area contributed by atoms with Gasteiger partial charge in [-0.1, -0.05) is 15.9 Å². The topological polar surface area (TPSA) is 29.5 Å².